The topological polar surface area (TPSA) is 68.6 Å². The lowest BCUT2D eigenvalue weighted by molar-refractivity contribution is 0.122. The van der Waals surface area contributed by atoms with Gasteiger partial charge in [0.05, 0.1) is 31.7 Å². The summed E-state index contributed by atoms with van der Waals surface area (Å²) in [6.45, 7) is 5.09. The van der Waals surface area contributed by atoms with E-state index in [-0.39, 0.29) is 0 Å². The van der Waals surface area contributed by atoms with Crippen LogP contribution >= 0.6 is 0 Å². The second kappa shape index (κ2) is 6.70. The highest BCUT2D eigenvalue weighted by molar-refractivity contribution is 5.83. The Morgan fingerprint density at radius 2 is 2.00 bits per heavy atom. The van der Waals surface area contributed by atoms with Gasteiger partial charge in [0.1, 0.15) is 5.82 Å². The number of hydrogen-bond donors (Lipinski definition) is 1. The number of rotatable bonds is 3. The fraction of sp³-hybridized carbons (Fsp3) is 0.375. The Balaban J connectivity index is 1.91. The maximum Gasteiger partial charge on any atom is 0.412 e. The number of carbonyl (C=O) groups excluding carboxylic acids is 1. The molecule has 2 aromatic rings. The van der Waals surface area contributed by atoms with E-state index in [9.17, 15) is 4.79 Å². The first-order valence-electron chi connectivity index (χ1n) is 7.52. The van der Waals surface area contributed by atoms with E-state index >= 15 is 0 Å². The number of ether oxygens (including phenoxy) is 2. The second-order valence-corrected chi connectivity index (χ2v) is 5.32. The van der Waals surface area contributed by atoms with Crippen LogP contribution in [0.4, 0.5) is 16.3 Å². The van der Waals surface area contributed by atoms with Gasteiger partial charge in [-0.1, -0.05) is 6.07 Å². The molecule has 0 radical (unpaired) electrons. The summed E-state index contributed by atoms with van der Waals surface area (Å²) < 4.78 is 11.8. The summed E-state index contributed by atoms with van der Waals surface area (Å²) in [6.07, 6.45) is -0.518. The van der Waals surface area contributed by atoms with Crippen LogP contribution in [0.3, 0.4) is 0 Å². The van der Waals surface area contributed by atoms with Crippen molar-refractivity contribution in [2.75, 3.05) is 43.6 Å². The molecule has 1 N–H and O–H groups in total. The molecule has 0 atom stereocenters. The van der Waals surface area contributed by atoms with E-state index in [4.69, 9.17) is 4.74 Å². The molecule has 7 nitrogen and oxygen atoms in total. The van der Waals surface area contributed by atoms with Crippen molar-refractivity contribution in [1.29, 1.82) is 0 Å². The van der Waals surface area contributed by atoms with Crippen molar-refractivity contribution >= 4 is 17.6 Å². The number of benzene rings is 1. The van der Waals surface area contributed by atoms with Crippen LogP contribution in [0.15, 0.2) is 30.3 Å². The third-order valence-electron chi connectivity index (χ3n) is 3.70. The number of amides is 1. The Labute approximate surface area is 134 Å². The summed E-state index contributed by atoms with van der Waals surface area (Å²) in [4.78, 5) is 13.8. The molecule has 1 aromatic heterocycles. The fourth-order valence-corrected chi connectivity index (χ4v) is 2.58. The zero-order valence-electron chi connectivity index (χ0n) is 13.3. The molecule has 122 valence electrons. The van der Waals surface area contributed by atoms with Crippen molar-refractivity contribution in [3.05, 3.63) is 36.0 Å². The Kier molecular flexibility index (Phi) is 4.47. The van der Waals surface area contributed by atoms with E-state index in [0.29, 0.717) is 5.82 Å². The molecule has 2 heterocycles. The molecule has 1 aliphatic heterocycles. The molecular formula is C16H20N4O3. The number of hydrogen-bond acceptors (Lipinski definition) is 5. The summed E-state index contributed by atoms with van der Waals surface area (Å²) in [7, 11) is 1.34. The van der Waals surface area contributed by atoms with Crippen molar-refractivity contribution in [3.8, 4) is 5.69 Å². The molecule has 0 aliphatic carbocycles. The molecule has 1 aromatic carbocycles. The molecule has 0 unspecified atom stereocenters. The summed E-state index contributed by atoms with van der Waals surface area (Å²) in [6, 6.07) is 9.87. The maximum atomic E-state index is 11.5. The van der Waals surface area contributed by atoms with Gasteiger partial charge in [0.2, 0.25) is 0 Å². The third kappa shape index (κ3) is 3.45. The number of aryl methyl sites for hydroxylation is 1. The summed E-state index contributed by atoms with van der Waals surface area (Å²) in [5, 5.41) is 7.14. The minimum absolute atomic E-state index is 0.518. The summed E-state index contributed by atoms with van der Waals surface area (Å²) >= 11 is 0. The first-order valence-corrected chi connectivity index (χ1v) is 7.52. The molecule has 1 fully saturated rings. The molecule has 7 heteroatoms. The van der Waals surface area contributed by atoms with Crippen molar-refractivity contribution in [2.45, 2.75) is 6.92 Å². The van der Waals surface area contributed by atoms with Crippen LogP contribution in [0.1, 0.15) is 5.69 Å². The van der Waals surface area contributed by atoms with E-state index in [1.807, 2.05) is 19.1 Å². The number of nitrogens with zero attached hydrogens (tertiary/aromatic N) is 3. The minimum Gasteiger partial charge on any atom is -0.453 e. The van der Waals surface area contributed by atoms with Crippen molar-refractivity contribution < 1.29 is 14.3 Å². The zero-order valence-corrected chi connectivity index (χ0v) is 13.3. The number of methoxy groups -OCH3 is 1. The van der Waals surface area contributed by atoms with E-state index in [1.165, 1.54) is 7.11 Å². The van der Waals surface area contributed by atoms with Gasteiger partial charge in [-0.05, 0) is 25.1 Å². The largest absolute Gasteiger partial charge is 0.453 e. The fourth-order valence-electron chi connectivity index (χ4n) is 2.58. The van der Waals surface area contributed by atoms with Crippen LogP contribution in [0.2, 0.25) is 0 Å². The van der Waals surface area contributed by atoms with Crippen LogP contribution in [0.5, 0.6) is 0 Å². The average molecular weight is 316 g/mol. The van der Waals surface area contributed by atoms with Gasteiger partial charge in [-0.2, -0.15) is 5.10 Å². The van der Waals surface area contributed by atoms with Gasteiger partial charge < -0.3 is 14.4 Å². The van der Waals surface area contributed by atoms with Gasteiger partial charge in [-0.15, -0.1) is 0 Å². The highest BCUT2D eigenvalue weighted by atomic mass is 16.5. The van der Waals surface area contributed by atoms with Crippen LogP contribution in [0.25, 0.3) is 5.69 Å². The quantitative estimate of drug-likeness (QED) is 0.940. The van der Waals surface area contributed by atoms with Gasteiger partial charge >= 0.3 is 6.09 Å². The number of aromatic nitrogens is 2. The Bertz CT molecular complexity index is 692. The lowest BCUT2D eigenvalue weighted by atomic mass is 10.2. The first kappa shape index (κ1) is 15.4. The van der Waals surface area contributed by atoms with Gasteiger partial charge in [-0.25, -0.2) is 9.48 Å². The van der Waals surface area contributed by atoms with Gasteiger partial charge in [0, 0.05) is 24.8 Å². The SMILES string of the molecule is COC(=O)Nc1cc(C)nn1-c1cccc(N2CCOCC2)c1. The predicted molar refractivity (Wildman–Crippen MR) is 87.4 cm³/mol. The normalized spacial score (nSPS) is 14.6. The number of carbonyl (C=O) groups is 1. The first-order chi connectivity index (χ1) is 11.2. The summed E-state index contributed by atoms with van der Waals surface area (Å²) in [5.41, 5.74) is 2.81. The monoisotopic (exact) mass is 316 g/mol. The molecule has 1 amide bonds. The Morgan fingerprint density at radius 1 is 1.26 bits per heavy atom. The molecule has 0 saturated carbocycles. The van der Waals surface area contributed by atoms with E-state index < -0.39 is 6.09 Å². The predicted octanol–water partition coefficient (Wildman–Crippen LogP) is 2.20. The number of nitrogens with one attached hydrogen (secondary N) is 1. The lowest BCUT2D eigenvalue weighted by Crippen LogP contribution is -2.36. The highest BCUT2D eigenvalue weighted by Gasteiger charge is 2.14. The standard InChI is InChI=1S/C16H20N4O3/c1-12-10-15(17-16(21)22-2)20(18-12)14-5-3-4-13(11-14)19-6-8-23-9-7-19/h3-5,10-11H,6-9H2,1-2H3,(H,17,21). The van der Waals surface area contributed by atoms with Crippen LogP contribution in [-0.2, 0) is 9.47 Å². The van der Waals surface area contributed by atoms with Crippen molar-refractivity contribution in [2.24, 2.45) is 0 Å². The van der Waals surface area contributed by atoms with Crippen LogP contribution < -0.4 is 10.2 Å². The van der Waals surface area contributed by atoms with E-state index in [2.05, 4.69) is 32.2 Å². The minimum atomic E-state index is -0.518. The van der Waals surface area contributed by atoms with Gasteiger partial charge in [0.15, 0.2) is 0 Å². The number of anilines is 2. The molecule has 0 bridgehead atoms. The lowest BCUT2D eigenvalue weighted by Gasteiger charge is -2.29. The van der Waals surface area contributed by atoms with Crippen molar-refractivity contribution in [1.82, 2.24) is 9.78 Å². The van der Waals surface area contributed by atoms with Crippen molar-refractivity contribution in [3.63, 3.8) is 0 Å². The van der Waals surface area contributed by atoms with Crippen LogP contribution in [-0.4, -0.2) is 49.3 Å². The Morgan fingerprint density at radius 3 is 2.74 bits per heavy atom. The number of morpholine rings is 1. The third-order valence-corrected chi connectivity index (χ3v) is 3.70. The smallest absolute Gasteiger partial charge is 0.412 e. The summed E-state index contributed by atoms with van der Waals surface area (Å²) in [5.74, 6) is 0.577. The Hall–Kier alpha value is -2.54. The zero-order chi connectivity index (χ0) is 16.2. The average Bonchev–Trinajstić information content (AvgIpc) is 2.96. The highest BCUT2D eigenvalue weighted by Crippen LogP contribution is 2.23. The van der Waals surface area contributed by atoms with Gasteiger partial charge in [0.25, 0.3) is 0 Å². The maximum absolute atomic E-state index is 11.5. The van der Waals surface area contributed by atoms with E-state index in [1.54, 1.807) is 10.7 Å². The molecule has 23 heavy (non-hydrogen) atoms. The molecule has 1 saturated heterocycles. The van der Waals surface area contributed by atoms with Gasteiger partial charge in [-0.3, -0.25) is 5.32 Å². The second-order valence-electron chi connectivity index (χ2n) is 5.32. The molecular weight excluding hydrogens is 296 g/mol. The molecule has 0 spiro atoms. The molecule has 1 aliphatic rings. The molecule has 3 rings (SSSR count). The van der Waals surface area contributed by atoms with E-state index in [0.717, 1.165) is 43.4 Å². The van der Waals surface area contributed by atoms with Crippen LogP contribution in [0, 0.1) is 6.92 Å².